The molecule has 19 heavy (non-hydrogen) atoms. The van der Waals surface area contributed by atoms with E-state index in [-0.39, 0.29) is 17.7 Å². The van der Waals surface area contributed by atoms with E-state index in [2.05, 4.69) is 56.6 Å². The maximum atomic E-state index is 5.93. The van der Waals surface area contributed by atoms with Gasteiger partial charge in [-0.25, -0.2) is 0 Å². The number of rotatable bonds is 3. The van der Waals surface area contributed by atoms with Crippen LogP contribution < -0.4 is 0 Å². The molecule has 2 atom stereocenters. The molecule has 0 aromatic carbocycles. The zero-order valence-corrected chi connectivity index (χ0v) is 12.8. The number of ether oxygens (including phenoxy) is 1. The maximum absolute atomic E-state index is 5.93. The number of morpholine rings is 1. The Kier molecular flexibility index (Phi) is 3.97. The zero-order chi connectivity index (χ0) is 14.2. The molecule has 0 bridgehead atoms. The smallest absolute Gasteiger partial charge is 0.243 e. The van der Waals surface area contributed by atoms with E-state index in [1.807, 2.05) is 0 Å². The second-order valence-electron chi connectivity index (χ2n) is 6.44. The van der Waals surface area contributed by atoms with Crippen LogP contribution in [0.3, 0.4) is 0 Å². The highest BCUT2D eigenvalue weighted by molar-refractivity contribution is 4.97. The molecule has 2 heterocycles. The molecule has 0 saturated carbocycles. The molecule has 0 amide bonds. The number of nitrogens with zero attached hydrogens (tertiary/aromatic N) is 3. The second-order valence-corrected chi connectivity index (χ2v) is 6.44. The maximum Gasteiger partial charge on any atom is 0.243 e. The van der Waals surface area contributed by atoms with Crippen LogP contribution in [0, 0.1) is 0 Å². The summed E-state index contributed by atoms with van der Waals surface area (Å²) < 4.78 is 11.3. The van der Waals surface area contributed by atoms with Crippen molar-refractivity contribution in [3.05, 3.63) is 11.7 Å². The SMILES string of the molecule is CC1CN(C(C)c2nc(C(C)C)no2)CC(C)(C)O1. The average Bonchev–Trinajstić information content (AvgIpc) is 2.74. The Balaban J connectivity index is 2.11. The third-order valence-electron chi connectivity index (χ3n) is 3.47. The Labute approximate surface area is 115 Å². The molecule has 5 nitrogen and oxygen atoms in total. The fourth-order valence-corrected chi connectivity index (χ4v) is 2.61. The quantitative estimate of drug-likeness (QED) is 0.843. The summed E-state index contributed by atoms with van der Waals surface area (Å²) in [5.74, 6) is 1.78. The summed E-state index contributed by atoms with van der Waals surface area (Å²) in [6, 6.07) is 0.130. The molecular weight excluding hydrogens is 242 g/mol. The van der Waals surface area contributed by atoms with Gasteiger partial charge in [0.2, 0.25) is 5.89 Å². The highest BCUT2D eigenvalue weighted by Crippen LogP contribution is 2.28. The highest BCUT2D eigenvalue weighted by atomic mass is 16.5. The first kappa shape index (κ1) is 14.5. The van der Waals surface area contributed by atoms with Gasteiger partial charge in [-0.1, -0.05) is 19.0 Å². The van der Waals surface area contributed by atoms with E-state index in [9.17, 15) is 0 Å². The predicted octanol–water partition coefficient (Wildman–Crippen LogP) is 2.75. The third kappa shape index (κ3) is 3.34. The van der Waals surface area contributed by atoms with Crippen molar-refractivity contribution in [1.29, 1.82) is 0 Å². The van der Waals surface area contributed by atoms with Gasteiger partial charge in [-0.15, -0.1) is 0 Å². The number of hydrogen-bond donors (Lipinski definition) is 0. The molecule has 5 heteroatoms. The second kappa shape index (κ2) is 5.21. The van der Waals surface area contributed by atoms with Crippen molar-refractivity contribution in [3.8, 4) is 0 Å². The zero-order valence-electron chi connectivity index (χ0n) is 12.8. The Morgan fingerprint density at radius 1 is 1.32 bits per heavy atom. The molecule has 2 unspecified atom stereocenters. The molecule has 1 fully saturated rings. The van der Waals surface area contributed by atoms with Crippen LogP contribution in [0.1, 0.15) is 65.2 Å². The molecule has 1 aromatic heterocycles. The van der Waals surface area contributed by atoms with Crippen molar-refractivity contribution in [2.24, 2.45) is 0 Å². The lowest BCUT2D eigenvalue weighted by molar-refractivity contribution is -0.139. The number of aromatic nitrogens is 2. The Hall–Kier alpha value is -0.940. The van der Waals surface area contributed by atoms with E-state index in [0.717, 1.165) is 18.9 Å². The van der Waals surface area contributed by atoms with Crippen molar-refractivity contribution in [1.82, 2.24) is 15.0 Å². The van der Waals surface area contributed by atoms with Crippen molar-refractivity contribution >= 4 is 0 Å². The van der Waals surface area contributed by atoms with E-state index in [4.69, 9.17) is 9.26 Å². The van der Waals surface area contributed by atoms with Crippen LogP contribution in [0.25, 0.3) is 0 Å². The van der Waals surface area contributed by atoms with Crippen LogP contribution in [0.5, 0.6) is 0 Å². The molecular formula is C14H25N3O2. The van der Waals surface area contributed by atoms with Crippen LogP contribution in [-0.2, 0) is 4.74 Å². The molecule has 108 valence electrons. The summed E-state index contributed by atoms with van der Waals surface area (Å²) in [5.41, 5.74) is -0.132. The van der Waals surface area contributed by atoms with Crippen LogP contribution in [0.15, 0.2) is 4.52 Å². The lowest BCUT2D eigenvalue weighted by Crippen LogP contribution is -2.52. The fourth-order valence-electron chi connectivity index (χ4n) is 2.61. The molecule has 0 aliphatic carbocycles. The van der Waals surface area contributed by atoms with Gasteiger partial charge in [0.25, 0.3) is 0 Å². The molecule has 1 aliphatic heterocycles. The first-order valence-electron chi connectivity index (χ1n) is 7.04. The number of hydrogen-bond acceptors (Lipinski definition) is 5. The largest absolute Gasteiger partial charge is 0.370 e. The summed E-state index contributed by atoms with van der Waals surface area (Å²) in [5, 5.41) is 4.04. The Bertz CT molecular complexity index is 428. The molecule has 0 radical (unpaired) electrons. The predicted molar refractivity (Wildman–Crippen MR) is 73.0 cm³/mol. The Morgan fingerprint density at radius 3 is 2.53 bits per heavy atom. The van der Waals surface area contributed by atoms with Crippen molar-refractivity contribution < 1.29 is 9.26 Å². The van der Waals surface area contributed by atoms with Crippen molar-refractivity contribution in [2.75, 3.05) is 13.1 Å². The molecule has 0 spiro atoms. The van der Waals surface area contributed by atoms with Gasteiger partial charge < -0.3 is 9.26 Å². The molecule has 1 aliphatic rings. The third-order valence-corrected chi connectivity index (χ3v) is 3.47. The topological polar surface area (TPSA) is 51.4 Å². The van der Waals surface area contributed by atoms with Gasteiger partial charge in [0.05, 0.1) is 17.7 Å². The fraction of sp³-hybridized carbons (Fsp3) is 0.857. The first-order chi connectivity index (χ1) is 8.78. The lowest BCUT2D eigenvalue weighted by Gasteiger charge is -2.43. The summed E-state index contributed by atoms with van der Waals surface area (Å²) in [6.07, 6.45) is 0.221. The first-order valence-corrected chi connectivity index (χ1v) is 7.04. The van der Waals surface area contributed by atoms with Gasteiger partial charge in [0.1, 0.15) is 0 Å². The normalized spacial score (nSPS) is 25.7. The summed E-state index contributed by atoms with van der Waals surface area (Å²) in [7, 11) is 0. The standard InChI is InChI=1S/C14H25N3O2/c1-9(2)12-15-13(19-16-12)11(4)17-7-10(3)18-14(5,6)8-17/h9-11H,7-8H2,1-6H3. The van der Waals surface area contributed by atoms with Gasteiger partial charge in [-0.05, 0) is 27.7 Å². The molecule has 2 rings (SSSR count). The van der Waals surface area contributed by atoms with Gasteiger partial charge >= 0.3 is 0 Å². The highest BCUT2D eigenvalue weighted by Gasteiger charge is 2.35. The minimum Gasteiger partial charge on any atom is -0.370 e. The summed E-state index contributed by atoms with van der Waals surface area (Å²) in [4.78, 5) is 6.85. The van der Waals surface area contributed by atoms with Crippen LogP contribution in [-0.4, -0.2) is 39.8 Å². The monoisotopic (exact) mass is 267 g/mol. The minimum absolute atomic E-state index is 0.130. The summed E-state index contributed by atoms with van der Waals surface area (Å²) in [6.45, 7) is 14.4. The van der Waals surface area contributed by atoms with Gasteiger partial charge in [-0.3, -0.25) is 4.90 Å². The summed E-state index contributed by atoms with van der Waals surface area (Å²) >= 11 is 0. The molecule has 1 saturated heterocycles. The van der Waals surface area contributed by atoms with E-state index in [1.165, 1.54) is 0 Å². The van der Waals surface area contributed by atoms with E-state index in [0.29, 0.717) is 11.8 Å². The van der Waals surface area contributed by atoms with Gasteiger partial charge in [-0.2, -0.15) is 4.98 Å². The van der Waals surface area contributed by atoms with E-state index < -0.39 is 0 Å². The van der Waals surface area contributed by atoms with Crippen LogP contribution in [0.2, 0.25) is 0 Å². The van der Waals surface area contributed by atoms with Crippen molar-refractivity contribution in [3.63, 3.8) is 0 Å². The molecule has 0 N–H and O–H groups in total. The average molecular weight is 267 g/mol. The lowest BCUT2D eigenvalue weighted by atomic mass is 10.0. The Morgan fingerprint density at radius 2 is 2.00 bits per heavy atom. The minimum atomic E-state index is -0.132. The van der Waals surface area contributed by atoms with E-state index in [1.54, 1.807) is 0 Å². The van der Waals surface area contributed by atoms with Crippen molar-refractivity contribution in [2.45, 2.75) is 65.2 Å². The van der Waals surface area contributed by atoms with Crippen LogP contribution >= 0.6 is 0 Å². The van der Waals surface area contributed by atoms with Gasteiger partial charge in [0, 0.05) is 19.0 Å². The van der Waals surface area contributed by atoms with Gasteiger partial charge in [0.15, 0.2) is 5.82 Å². The van der Waals surface area contributed by atoms with E-state index >= 15 is 0 Å². The molecule has 1 aromatic rings. The van der Waals surface area contributed by atoms with Crippen LogP contribution in [0.4, 0.5) is 0 Å².